The van der Waals surface area contributed by atoms with E-state index in [-0.39, 0.29) is 5.91 Å². The fraction of sp³-hybridized carbons (Fsp3) is 0.444. The molecular weight excluding hydrogens is 276 g/mol. The van der Waals surface area contributed by atoms with Gasteiger partial charge in [0.2, 0.25) is 5.89 Å². The van der Waals surface area contributed by atoms with Crippen LogP contribution < -0.4 is 5.32 Å². The molecule has 4 nitrogen and oxygen atoms in total. The second-order valence-corrected chi connectivity index (χ2v) is 5.79. The molecule has 1 saturated carbocycles. The van der Waals surface area contributed by atoms with Gasteiger partial charge in [-0.25, -0.2) is 4.98 Å². The summed E-state index contributed by atoms with van der Waals surface area (Å²) in [5, 5.41) is 2.84. The molecule has 0 aliphatic heterocycles. The molecule has 1 heterocycles. The molecule has 4 heteroatoms. The Morgan fingerprint density at radius 2 is 1.95 bits per heavy atom. The highest BCUT2D eigenvalue weighted by molar-refractivity contribution is 5.93. The highest BCUT2D eigenvalue weighted by Crippen LogP contribution is 2.36. The van der Waals surface area contributed by atoms with Crippen LogP contribution in [-0.4, -0.2) is 17.4 Å². The van der Waals surface area contributed by atoms with E-state index < -0.39 is 0 Å². The smallest absolute Gasteiger partial charge is 0.273 e. The van der Waals surface area contributed by atoms with Crippen molar-refractivity contribution in [3.63, 3.8) is 0 Å². The number of nitrogens with zero attached hydrogens (tertiary/aromatic N) is 1. The average molecular weight is 298 g/mol. The predicted octanol–water partition coefficient (Wildman–Crippen LogP) is 4.14. The number of nitrogens with one attached hydrogen (secondary N) is 1. The van der Waals surface area contributed by atoms with Crippen LogP contribution in [0.3, 0.4) is 0 Å². The van der Waals surface area contributed by atoms with Gasteiger partial charge in [0.15, 0.2) is 5.69 Å². The molecule has 0 atom stereocenters. The minimum Gasteiger partial charge on any atom is -0.440 e. The van der Waals surface area contributed by atoms with Gasteiger partial charge in [-0.3, -0.25) is 4.79 Å². The predicted molar refractivity (Wildman–Crippen MR) is 85.8 cm³/mol. The lowest BCUT2D eigenvalue weighted by molar-refractivity contribution is 0.0948. The van der Waals surface area contributed by atoms with Gasteiger partial charge in [0.1, 0.15) is 5.76 Å². The lowest BCUT2D eigenvalue weighted by Gasteiger charge is -2.19. The maximum atomic E-state index is 12.3. The number of hydrogen-bond acceptors (Lipinski definition) is 3. The fourth-order valence-corrected chi connectivity index (χ4v) is 3.08. The molecule has 1 aromatic heterocycles. The number of aromatic nitrogens is 1. The van der Waals surface area contributed by atoms with Crippen molar-refractivity contribution in [3.05, 3.63) is 41.8 Å². The van der Waals surface area contributed by atoms with Gasteiger partial charge in [0.05, 0.1) is 0 Å². The third-order valence-corrected chi connectivity index (χ3v) is 4.20. The standard InChI is InChI=1S/C18H22N2O2/c1-2-19-17(21)15-16(13-9-5-3-6-10-13)22-18(20-15)14-11-7-4-8-12-14/h4,7-8,11-13H,2-3,5-6,9-10H2,1H3,(H,19,21). The summed E-state index contributed by atoms with van der Waals surface area (Å²) in [5.74, 6) is 1.50. The van der Waals surface area contributed by atoms with Crippen LogP contribution in [0.4, 0.5) is 0 Å². The van der Waals surface area contributed by atoms with E-state index in [4.69, 9.17) is 4.42 Å². The van der Waals surface area contributed by atoms with Crippen LogP contribution >= 0.6 is 0 Å². The molecule has 0 unspecified atom stereocenters. The summed E-state index contributed by atoms with van der Waals surface area (Å²) >= 11 is 0. The van der Waals surface area contributed by atoms with E-state index in [2.05, 4.69) is 10.3 Å². The minimum absolute atomic E-state index is 0.131. The molecule has 0 saturated heterocycles. The van der Waals surface area contributed by atoms with Gasteiger partial charge in [-0.2, -0.15) is 0 Å². The van der Waals surface area contributed by atoms with Crippen LogP contribution in [0, 0.1) is 0 Å². The van der Waals surface area contributed by atoms with E-state index in [0.717, 1.165) is 24.2 Å². The first kappa shape index (κ1) is 14.8. The number of benzene rings is 1. The maximum absolute atomic E-state index is 12.3. The quantitative estimate of drug-likeness (QED) is 0.923. The van der Waals surface area contributed by atoms with Crippen LogP contribution in [-0.2, 0) is 0 Å². The van der Waals surface area contributed by atoms with E-state index in [9.17, 15) is 4.79 Å². The molecule has 0 bridgehead atoms. The second kappa shape index (κ2) is 6.77. The molecule has 1 aliphatic carbocycles. The highest BCUT2D eigenvalue weighted by atomic mass is 16.4. The molecule has 2 aromatic rings. The van der Waals surface area contributed by atoms with Crippen molar-refractivity contribution in [2.45, 2.75) is 44.9 Å². The SMILES string of the molecule is CCNC(=O)c1nc(-c2ccccc2)oc1C1CCCCC1. The molecule has 1 aliphatic rings. The van der Waals surface area contributed by atoms with Crippen LogP contribution in [0.2, 0.25) is 0 Å². The van der Waals surface area contributed by atoms with Gasteiger partial charge in [0, 0.05) is 18.0 Å². The van der Waals surface area contributed by atoms with Crippen molar-refractivity contribution in [1.29, 1.82) is 0 Å². The van der Waals surface area contributed by atoms with E-state index in [1.54, 1.807) is 0 Å². The van der Waals surface area contributed by atoms with E-state index >= 15 is 0 Å². The summed E-state index contributed by atoms with van der Waals surface area (Å²) in [6, 6.07) is 9.77. The Bertz CT molecular complexity index is 628. The average Bonchev–Trinajstić information content (AvgIpc) is 3.02. The number of oxazole rings is 1. The minimum atomic E-state index is -0.131. The lowest BCUT2D eigenvalue weighted by Crippen LogP contribution is -2.24. The first-order valence-electron chi connectivity index (χ1n) is 8.14. The zero-order valence-electron chi connectivity index (χ0n) is 13.0. The van der Waals surface area contributed by atoms with Gasteiger partial charge in [-0.1, -0.05) is 37.5 Å². The molecule has 0 radical (unpaired) electrons. The first-order chi connectivity index (χ1) is 10.8. The van der Waals surface area contributed by atoms with Crippen LogP contribution in [0.5, 0.6) is 0 Å². The zero-order valence-corrected chi connectivity index (χ0v) is 13.0. The van der Waals surface area contributed by atoms with Gasteiger partial charge < -0.3 is 9.73 Å². The number of amides is 1. The highest BCUT2D eigenvalue weighted by Gasteiger charge is 2.28. The first-order valence-corrected chi connectivity index (χ1v) is 8.14. The molecule has 3 rings (SSSR count). The lowest BCUT2D eigenvalue weighted by atomic mass is 9.87. The molecule has 1 N–H and O–H groups in total. The third-order valence-electron chi connectivity index (χ3n) is 4.20. The molecular formula is C18H22N2O2. The monoisotopic (exact) mass is 298 g/mol. The van der Waals surface area contributed by atoms with Gasteiger partial charge in [-0.15, -0.1) is 0 Å². The van der Waals surface area contributed by atoms with Crippen molar-refractivity contribution in [2.24, 2.45) is 0 Å². The van der Waals surface area contributed by atoms with Crippen molar-refractivity contribution in [3.8, 4) is 11.5 Å². The van der Waals surface area contributed by atoms with E-state index in [1.807, 2.05) is 37.3 Å². The third kappa shape index (κ3) is 3.06. The zero-order chi connectivity index (χ0) is 15.4. The van der Waals surface area contributed by atoms with Gasteiger partial charge in [0.25, 0.3) is 5.91 Å². The Hall–Kier alpha value is -2.10. The summed E-state index contributed by atoms with van der Waals surface area (Å²) in [6.45, 7) is 2.51. The van der Waals surface area contributed by atoms with Crippen LogP contribution in [0.15, 0.2) is 34.7 Å². The number of hydrogen-bond donors (Lipinski definition) is 1. The molecule has 116 valence electrons. The molecule has 0 spiro atoms. The number of carbonyl (C=O) groups excluding carboxylic acids is 1. The van der Waals surface area contributed by atoms with Gasteiger partial charge >= 0.3 is 0 Å². The Morgan fingerprint density at radius 1 is 1.23 bits per heavy atom. The Balaban J connectivity index is 1.98. The van der Waals surface area contributed by atoms with E-state index in [1.165, 1.54) is 19.3 Å². The normalized spacial score (nSPS) is 15.7. The molecule has 1 amide bonds. The summed E-state index contributed by atoms with van der Waals surface area (Å²) in [4.78, 5) is 16.8. The summed E-state index contributed by atoms with van der Waals surface area (Å²) in [6.07, 6.45) is 5.82. The fourth-order valence-electron chi connectivity index (χ4n) is 3.08. The van der Waals surface area contributed by atoms with Crippen molar-refractivity contribution in [1.82, 2.24) is 10.3 Å². The largest absolute Gasteiger partial charge is 0.440 e. The Morgan fingerprint density at radius 3 is 2.64 bits per heavy atom. The topological polar surface area (TPSA) is 55.1 Å². The van der Waals surface area contributed by atoms with Crippen LogP contribution in [0.25, 0.3) is 11.5 Å². The summed E-state index contributed by atoms with van der Waals surface area (Å²) in [7, 11) is 0. The summed E-state index contributed by atoms with van der Waals surface area (Å²) in [5.41, 5.74) is 1.38. The maximum Gasteiger partial charge on any atom is 0.273 e. The number of rotatable bonds is 4. The van der Waals surface area contributed by atoms with E-state index in [0.29, 0.717) is 24.0 Å². The molecule has 22 heavy (non-hydrogen) atoms. The van der Waals surface area contributed by atoms with Crippen molar-refractivity contribution in [2.75, 3.05) is 6.54 Å². The second-order valence-electron chi connectivity index (χ2n) is 5.79. The van der Waals surface area contributed by atoms with Crippen molar-refractivity contribution < 1.29 is 9.21 Å². The van der Waals surface area contributed by atoms with Gasteiger partial charge in [-0.05, 0) is 31.9 Å². The molecule has 1 fully saturated rings. The molecule has 1 aromatic carbocycles. The number of carbonyl (C=O) groups is 1. The Labute approximate surface area is 130 Å². The Kier molecular flexibility index (Phi) is 4.56. The van der Waals surface area contributed by atoms with Crippen LogP contribution in [0.1, 0.15) is 61.2 Å². The van der Waals surface area contributed by atoms with Crippen molar-refractivity contribution >= 4 is 5.91 Å². The summed E-state index contributed by atoms with van der Waals surface area (Å²) < 4.78 is 6.04.